The number of hydrogen-bond donors (Lipinski definition) is 1. The molecule has 2 aromatic rings. The molecule has 0 bridgehead atoms. The first-order valence-electron chi connectivity index (χ1n) is 5.64. The highest BCUT2D eigenvalue weighted by molar-refractivity contribution is 5.35. The van der Waals surface area contributed by atoms with Gasteiger partial charge in [-0.2, -0.15) is 0 Å². The molecule has 1 aromatic heterocycles. The van der Waals surface area contributed by atoms with Crippen LogP contribution in [0.5, 0.6) is 17.2 Å². The molecule has 0 radical (unpaired) electrons. The first-order valence-corrected chi connectivity index (χ1v) is 5.64. The fraction of sp³-hybridized carbons (Fsp3) is 0.231. The van der Waals surface area contributed by atoms with Gasteiger partial charge in [0.15, 0.2) is 5.75 Å². The summed E-state index contributed by atoms with van der Waals surface area (Å²) >= 11 is 0. The second-order valence-electron chi connectivity index (χ2n) is 3.65. The Morgan fingerprint density at radius 3 is 2.50 bits per heavy atom. The summed E-state index contributed by atoms with van der Waals surface area (Å²) in [6.07, 6.45) is 3.94. The van der Waals surface area contributed by atoms with Crippen molar-refractivity contribution in [2.45, 2.75) is 6.42 Å². The van der Waals surface area contributed by atoms with E-state index in [9.17, 15) is 0 Å². The van der Waals surface area contributed by atoms with Gasteiger partial charge in [-0.15, -0.1) is 0 Å². The molecule has 5 nitrogen and oxygen atoms in total. The molecule has 0 spiro atoms. The average molecular weight is 245 g/mol. The molecule has 0 unspecified atom stereocenters. The maximum Gasteiger partial charge on any atom is 0.164 e. The normalized spacial score (nSPS) is 10.1. The minimum absolute atomic E-state index is 0.538. The van der Waals surface area contributed by atoms with Crippen LogP contribution in [0, 0.1) is 0 Å². The van der Waals surface area contributed by atoms with Crippen molar-refractivity contribution in [3.8, 4) is 17.2 Å². The minimum Gasteiger partial charge on any atom is -0.497 e. The Hall–Kier alpha value is -2.14. The molecule has 0 saturated carbocycles. The standard InChI is InChI=1S/C13H15N3O2/c1-17-10-3-2-4-11(7-10)18-12-8-15-13(5-6-14)16-9-12/h2-4,7-9H,5-6,14H2,1H3. The number of nitrogens with two attached hydrogens (primary N) is 1. The predicted octanol–water partition coefficient (Wildman–Crippen LogP) is 1.78. The van der Waals surface area contributed by atoms with E-state index >= 15 is 0 Å². The first kappa shape index (κ1) is 12.3. The number of rotatable bonds is 5. The highest BCUT2D eigenvalue weighted by Gasteiger charge is 2.01. The fourth-order valence-corrected chi connectivity index (χ4v) is 1.45. The number of hydrogen-bond acceptors (Lipinski definition) is 5. The van der Waals surface area contributed by atoms with Gasteiger partial charge in [0.05, 0.1) is 19.5 Å². The Morgan fingerprint density at radius 1 is 1.11 bits per heavy atom. The number of benzene rings is 1. The van der Waals surface area contributed by atoms with Gasteiger partial charge >= 0.3 is 0 Å². The van der Waals surface area contributed by atoms with Crippen molar-refractivity contribution in [3.63, 3.8) is 0 Å². The van der Waals surface area contributed by atoms with Crippen LogP contribution >= 0.6 is 0 Å². The molecule has 0 aliphatic rings. The smallest absolute Gasteiger partial charge is 0.164 e. The molecule has 0 aliphatic carbocycles. The maximum absolute atomic E-state index is 5.62. The van der Waals surface area contributed by atoms with E-state index < -0.39 is 0 Å². The zero-order chi connectivity index (χ0) is 12.8. The van der Waals surface area contributed by atoms with Gasteiger partial charge in [-0.05, 0) is 18.7 Å². The molecule has 0 saturated heterocycles. The van der Waals surface area contributed by atoms with Crippen LogP contribution in [0.1, 0.15) is 5.82 Å². The van der Waals surface area contributed by atoms with Crippen LogP contribution in [0.25, 0.3) is 0 Å². The van der Waals surface area contributed by atoms with E-state index in [-0.39, 0.29) is 0 Å². The Morgan fingerprint density at radius 2 is 1.83 bits per heavy atom. The average Bonchev–Trinajstić information content (AvgIpc) is 2.42. The van der Waals surface area contributed by atoms with Gasteiger partial charge < -0.3 is 15.2 Å². The molecule has 0 fully saturated rings. The molecular formula is C13H15N3O2. The Labute approximate surface area is 106 Å². The van der Waals surface area contributed by atoms with E-state index in [1.54, 1.807) is 25.6 Å². The van der Waals surface area contributed by atoms with E-state index in [2.05, 4.69) is 9.97 Å². The largest absolute Gasteiger partial charge is 0.497 e. The zero-order valence-electron chi connectivity index (χ0n) is 10.2. The minimum atomic E-state index is 0.538. The van der Waals surface area contributed by atoms with E-state index in [0.717, 1.165) is 11.6 Å². The van der Waals surface area contributed by atoms with Crippen molar-refractivity contribution >= 4 is 0 Å². The highest BCUT2D eigenvalue weighted by atomic mass is 16.5. The fourth-order valence-electron chi connectivity index (χ4n) is 1.45. The second kappa shape index (κ2) is 5.97. The Bertz CT molecular complexity index is 500. The van der Waals surface area contributed by atoms with Gasteiger partial charge in [0.2, 0.25) is 0 Å². The molecular weight excluding hydrogens is 230 g/mol. The summed E-state index contributed by atoms with van der Waals surface area (Å²) in [5, 5.41) is 0. The van der Waals surface area contributed by atoms with Crippen LogP contribution in [0.3, 0.4) is 0 Å². The van der Waals surface area contributed by atoms with Crippen LogP contribution in [-0.2, 0) is 6.42 Å². The molecule has 0 amide bonds. The zero-order valence-corrected chi connectivity index (χ0v) is 10.2. The number of ether oxygens (including phenoxy) is 2. The molecule has 0 aliphatic heterocycles. The summed E-state index contributed by atoms with van der Waals surface area (Å²) in [6.45, 7) is 0.538. The van der Waals surface area contributed by atoms with Crippen LogP contribution in [0.4, 0.5) is 0 Å². The van der Waals surface area contributed by atoms with Crippen molar-refractivity contribution in [3.05, 3.63) is 42.5 Å². The quantitative estimate of drug-likeness (QED) is 0.869. The van der Waals surface area contributed by atoms with Crippen molar-refractivity contribution < 1.29 is 9.47 Å². The first-order chi connectivity index (χ1) is 8.81. The van der Waals surface area contributed by atoms with Crippen molar-refractivity contribution in [1.29, 1.82) is 0 Å². The number of methoxy groups -OCH3 is 1. The summed E-state index contributed by atoms with van der Waals surface area (Å²) in [7, 11) is 1.61. The summed E-state index contributed by atoms with van der Waals surface area (Å²) in [5.74, 6) is 2.73. The van der Waals surface area contributed by atoms with Crippen LogP contribution in [-0.4, -0.2) is 23.6 Å². The summed E-state index contributed by atoms with van der Waals surface area (Å²) < 4.78 is 10.7. The van der Waals surface area contributed by atoms with E-state index in [1.165, 1.54) is 0 Å². The molecule has 2 N–H and O–H groups in total. The van der Waals surface area contributed by atoms with Crippen LogP contribution in [0.15, 0.2) is 36.7 Å². The SMILES string of the molecule is COc1cccc(Oc2cnc(CCN)nc2)c1. The molecule has 0 atom stereocenters. The molecule has 94 valence electrons. The molecule has 1 heterocycles. The van der Waals surface area contributed by atoms with Gasteiger partial charge in [0.1, 0.15) is 17.3 Å². The third-order valence-electron chi connectivity index (χ3n) is 2.33. The highest BCUT2D eigenvalue weighted by Crippen LogP contribution is 2.23. The predicted molar refractivity (Wildman–Crippen MR) is 67.9 cm³/mol. The Balaban J connectivity index is 2.08. The van der Waals surface area contributed by atoms with E-state index in [1.807, 2.05) is 18.2 Å². The van der Waals surface area contributed by atoms with Crippen LogP contribution in [0.2, 0.25) is 0 Å². The van der Waals surface area contributed by atoms with Gasteiger partial charge in [0.25, 0.3) is 0 Å². The van der Waals surface area contributed by atoms with Gasteiger partial charge in [0, 0.05) is 12.5 Å². The number of aromatic nitrogens is 2. The Kier molecular flexibility index (Phi) is 4.09. The molecule has 2 rings (SSSR count). The number of nitrogens with zero attached hydrogens (tertiary/aromatic N) is 2. The lowest BCUT2D eigenvalue weighted by Crippen LogP contribution is -2.06. The van der Waals surface area contributed by atoms with Crippen molar-refractivity contribution in [2.75, 3.05) is 13.7 Å². The lowest BCUT2D eigenvalue weighted by molar-refractivity contribution is 0.408. The molecule has 5 heteroatoms. The molecule has 18 heavy (non-hydrogen) atoms. The van der Waals surface area contributed by atoms with E-state index in [0.29, 0.717) is 24.5 Å². The van der Waals surface area contributed by atoms with Gasteiger partial charge in [-0.25, -0.2) is 9.97 Å². The summed E-state index contributed by atoms with van der Waals surface area (Å²) in [5.41, 5.74) is 5.43. The summed E-state index contributed by atoms with van der Waals surface area (Å²) in [4.78, 5) is 8.32. The summed E-state index contributed by atoms with van der Waals surface area (Å²) in [6, 6.07) is 7.36. The lowest BCUT2D eigenvalue weighted by Gasteiger charge is -2.06. The monoisotopic (exact) mass is 245 g/mol. The van der Waals surface area contributed by atoms with Gasteiger partial charge in [-0.1, -0.05) is 6.07 Å². The maximum atomic E-state index is 5.62. The third-order valence-corrected chi connectivity index (χ3v) is 2.33. The van der Waals surface area contributed by atoms with Gasteiger partial charge in [-0.3, -0.25) is 0 Å². The topological polar surface area (TPSA) is 70.3 Å². The van der Waals surface area contributed by atoms with Crippen molar-refractivity contribution in [1.82, 2.24) is 9.97 Å². The second-order valence-corrected chi connectivity index (χ2v) is 3.65. The molecule has 1 aromatic carbocycles. The van der Waals surface area contributed by atoms with Crippen molar-refractivity contribution in [2.24, 2.45) is 5.73 Å². The lowest BCUT2D eigenvalue weighted by atomic mass is 10.3. The van der Waals surface area contributed by atoms with E-state index in [4.69, 9.17) is 15.2 Å². The third kappa shape index (κ3) is 3.18. The van der Waals surface area contributed by atoms with Crippen LogP contribution < -0.4 is 15.2 Å².